The maximum atomic E-state index is 12.2. The zero-order valence-electron chi connectivity index (χ0n) is 13.0. The summed E-state index contributed by atoms with van der Waals surface area (Å²) < 4.78 is 4.63. The highest BCUT2D eigenvalue weighted by Gasteiger charge is 2.25. The Hall–Kier alpha value is -2.63. The van der Waals surface area contributed by atoms with E-state index >= 15 is 0 Å². The van der Waals surface area contributed by atoms with Crippen molar-refractivity contribution in [1.29, 1.82) is 0 Å². The standard InChI is InChI=1S/C17H20N2O4/c1-23-16(22)10-9-13(17-14(20)7-4-8-15(17)21)19-12-6-3-2-5-11(12)18/h2-3,5-6,20H,4,7-10,18H2,1H3. The minimum absolute atomic E-state index is 0.0272. The normalized spacial score (nSPS) is 15.7. The molecule has 0 aliphatic heterocycles. The lowest BCUT2D eigenvalue weighted by molar-refractivity contribution is -0.140. The van der Waals surface area contributed by atoms with Gasteiger partial charge in [0, 0.05) is 19.3 Å². The predicted molar refractivity (Wildman–Crippen MR) is 87.7 cm³/mol. The topological polar surface area (TPSA) is 102 Å². The Labute approximate surface area is 134 Å². The van der Waals surface area contributed by atoms with Crippen molar-refractivity contribution in [3.63, 3.8) is 0 Å². The molecule has 0 heterocycles. The van der Waals surface area contributed by atoms with Gasteiger partial charge in [0.1, 0.15) is 5.76 Å². The third-order valence-electron chi connectivity index (χ3n) is 3.66. The fraction of sp³-hybridized carbons (Fsp3) is 0.353. The maximum Gasteiger partial charge on any atom is 0.305 e. The molecule has 0 saturated carbocycles. The van der Waals surface area contributed by atoms with Crippen LogP contribution in [0.15, 0.2) is 40.6 Å². The lowest BCUT2D eigenvalue weighted by atomic mass is 9.91. The van der Waals surface area contributed by atoms with Crippen molar-refractivity contribution in [3.05, 3.63) is 35.6 Å². The molecule has 0 aromatic heterocycles. The highest BCUT2D eigenvalue weighted by Crippen LogP contribution is 2.27. The van der Waals surface area contributed by atoms with E-state index in [1.165, 1.54) is 7.11 Å². The Morgan fingerprint density at radius 2 is 2.04 bits per heavy atom. The molecule has 1 aromatic carbocycles. The smallest absolute Gasteiger partial charge is 0.305 e. The Morgan fingerprint density at radius 1 is 1.30 bits per heavy atom. The van der Waals surface area contributed by atoms with Gasteiger partial charge in [-0.2, -0.15) is 0 Å². The average Bonchev–Trinajstić information content (AvgIpc) is 2.53. The van der Waals surface area contributed by atoms with Gasteiger partial charge in [0.15, 0.2) is 5.78 Å². The van der Waals surface area contributed by atoms with Crippen LogP contribution < -0.4 is 5.73 Å². The molecular weight excluding hydrogens is 296 g/mol. The molecule has 6 nitrogen and oxygen atoms in total. The van der Waals surface area contributed by atoms with E-state index in [0.29, 0.717) is 36.3 Å². The van der Waals surface area contributed by atoms with E-state index in [9.17, 15) is 14.7 Å². The van der Waals surface area contributed by atoms with E-state index in [-0.39, 0.29) is 30.0 Å². The number of carbonyl (C=O) groups is 2. The van der Waals surface area contributed by atoms with Crippen molar-refractivity contribution in [1.82, 2.24) is 0 Å². The molecule has 0 atom stereocenters. The molecule has 0 unspecified atom stereocenters. The summed E-state index contributed by atoms with van der Waals surface area (Å²) in [5.41, 5.74) is 7.44. The first-order valence-corrected chi connectivity index (χ1v) is 7.47. The van der Waals surface area contributed by atoms with Gasteiger partial charge in [-0.05, 0) is 18.6 Å². The number of aliphatic hydroxyl groups excluding tert-OH is 1. The summed E-state index contributed by atoms with van der Waals surface area (Å²) in [5.74, 6) is -0.534. The van der Waals surface area contributed by atoms with Crippen molar-refractivity contribution < 1.29 is 19.4 Å². The number of aliphatic hydroxyl groups is 1. The molecule has 1 aromatic rings. The number of rotatable bonds is 5. The second-order valence-electron chi connectivity index (χ2n) is 5.29. The molecule has 1 aliphatic rings. The lowest BCUT2D eigenvalue weighted by Gasteiger charge is -2.17. The molecular formula is C17H20N2O4. The number of ether oxygens (including phenoxy) is 1. The number of methoxy groups -OCH3 is 1. The van der Waals surface area contributed by atoms with Gasteiger partial charge in [0.05, 0.1) is 36.2 Å². The van der Waals surface area contributed by atoms with Gasteiger partial charge >= 0.3 is 5.97 Å². The lowest BCUT2D eigenvalue weighted by Crippen LogP contribution is -2.20. The third-order valence-corrected chi connectivity index (χ3v) is 3.66. The number of benzene rings is 1. The molecule has 122 valence electrons. The fourth-order valence-electron chi connectivity index (χ4n) is 2.45. The van der Waals surface area contributed by atoms with Gasteiger partial charge in [-0.25, -0.2) is 0 Å². The minimum atomic E-state index is -0.401. The second-order valence-corrected chi connectivity index (χ2v) is 5.29. The number of hydrogen-bond donors (Lipinski definition) is 2. The molecule has 0 bridgehead atoms. The van der Waals surface area contributed by atoms with Crippen LogP contribution in [0.5, 0.6) is 0 Å². The van der Waals surface area contributed by atoms with Crippen molar-refractivity contribution in [2.45, 2.75) is 32.1 Å². The Kier molecular flexibility index (Phi) is 5.51. The van der Waals surface area contributed by atoms with Crippen molar-refractivity contribution in [2.75, 3.05) is 12.8 Å². The average molecular weight is 316 g/mol. The van der Waals surface area contributed by atoms with Gasteiger partial charge in [-0.3, -0.25) is 14.6 Å². The van der Waals surface area contributed by atoms with E-state index in [4.69, 9.17) is 5.73 Å². The molecule has 2 rings (SSSR count). The number of ketones is 1. The van der Waals surface area contributed by atoms with Crippen molar-refractivity contribution >= 4 is 28.8 Å². The van der Waals surface area contributed by atoms with Crippen LogP contribution in [0.25, 0.3) is 0 Å². The monoisotopic (exact) mass is 316 g/mol. The van der Waals surface area contributed by atoms with E-state index in [0.717, 1.165) is 0 Å². The first kappa shape index (κ1) is 16.7. The largest absolute Gasteiger partial charge is 0.511 e. The molecule has 23 heavy (non-hydrogen) atoms. The first-order valence-electron chi connectivity index (χ1n) is 7.47. The number of para-hydroxylation sites is 2. The number of nitrogen functional groups attached to an aromatic ring is 1. The quantitative estimate of drug-likeness (QED) is 0.494. The number of hydrogen-bond acceptors (Lipinski definition) is 6. The van der Waals surface area contributed by atoms with Crippen LogP contribution in [-0.4, -0.2) is 29.7 Å². The maximum absolute atomic E-state index is 12.2. The molecule has 3 N–H and O–H groups in total. The summed E-state index contributed by atoms with van der Waals surface area (Å²) in [7, 11) is 1.30. The van der Waals surface area contributed by atoms with Gasteiger partial charge in [-0.1, -0.05) is 12.1 Å². The molecule has 0 radical (unpaired) electrons. The first-order chi connectivity index (χ1) is 11.0. The number of nitrogens with two attached hydrogens (primary N) is 1. The predicted octanol–water partition coefficient (Wildman–Crippen LogP) is 2.86. The summed E-state index contributed by atoms with van der Waals surface area (Å²) in [6, 6.07) is 6.99. The number of aliphatic imine (C=N–C) groups is 1. The zero-order chi connectivity index (χ0) is 16.8. The van der Waals surface area contributed by atoms with E-state index < -0.39 is 5.97 Å². The molecule has 6 heteroatoms. The Balaban J connectivity index is 2.41. The van der Waals surface area contributed by atoms with Crippen LogP contribution >= 0.6 is 0 Å². The van der Waals surface area contributed by atoms with Crippen LogP contribution in [0.4, 0.5) is 11.4 Å². The summed E-state index contributed by atoms with van der Waals surface area (Å²) in [5, 5.41) is 10.1. The van der Waals surface area contributed by atoms with Crippen LogP contribution in [0.2, 0.25) is 0 Å². The fourth-order valence-corrected chi connectivity index (χ4v) is 2.45. The molecule has 0 fully saturated rings. The van der Waals surface area contributed by atoms with Crippen molar-refractivity contribution in [3.8, 4) is 0 Å². The summed E-state index contributed by atoms with van der Waals surface area (Å²) in [6.45, 7) is 0. The number of Topliss-reactive ketones (excluding diaryl/α,β-unsaturated/α-hetero) is 1. The minimum Gasteiger partial charge on any atom is -0.511 e. The van der Waals surface area contributed by atoms with Crippen LogP contribution in [0.1, 0.15) is 32.1 Å². The van der Waals surface area contributed by atoms with E-state index in [1.54, 1.807) is 24.3 Å². The molecule has 0 spiro atoms. The molecule has 1 aliphatic carbocycles. The second kappa shape index (κ2) is 7.58. The van der Waals surface area contributed by atoms with Gasteiger partial charge < -0.3 is 15.6 Å². The van der Waals surface area contributed by atoms with Gasteiger partial charge in [0.25, 0.3) is 0 Å². The molecule has 0 saturated heterocycles. The number of allylic oxidation sites excluding steroid dienone is 2. The van der Waals surface area contributed by atoms with Gasteiger partial charge in [-0.15, -0.1) is 0 Å². The zero-order valence-corrected chi connectivity index (χ0v) is 13.0. The summed E-state index contributed by atoms with van der Waals surface area (Å²) in [6.07, 6.45) is 1.69. The Bertz CT molecular complexity index is 677. The summed E-state index contributed by atoms with van der Waals surface area (Å²) in [4.78, 5) is 28.0. The number of anilines is 1. The van der Waals surface area contributed by atoms with Crippen LogP contribution in [0, 0.1) is 0 Å². The highest BCUT2D eigenvalue weighted by molar-refractivity contribution is 6.24. The van der Waals surface area contributed by atoms with Crippen LogP contribution in [0.3, 0.4) is 0 Å². The number of esters is 1. The Morgan fingerprint density at radius 3 is 2.70 bits per heavy atom. The van der Waals surface area contributed by atoms with E-state index in [2.05, 4.69) is 9.73 Å². The number of carbonyl (C=O) groups excluding carboxylic acids is 2. The SMILES string of the molecule is COC(=O)CCC(=Nc1ccccc1N)C1=C(O)CCCC1=O. The van der Waals surface area contributed by atoms with E-state index in [1.807, 2.05) is 0 Å². The van der Waals surface area contributed by atoms with Crippen LogP contribution in [-0.2, 0) is 14.3 Å². The highest BCUT2D eigenvalue weighted by atomic mass is 16.5. The molecule has 0 amide bonds. The third kappa shape index (κ3) is 4.18. The number of nitrogens with zero attached hydrogens (tertiary/aromatic N) is 1. The van der Waals surface area contributed by atoms with Crippen molar-refractivity contribution in [2.24, 2.45) is 4.99 Å². The van der Waals surface area contributed by atoms with Gasteiger partial charge in [0.2, 0.25) is 0 Å². The summed E-state index contributed by atoms with van der Waals surface area (Å²) >= 11 is 0.